The van der Waals surface area contributed by atoms with Gasteiger partial charge in [0.2, 0.25) is 0 Å². The minimum absolute atomic E-state index is 0.0219. The lowest BCUT2D eigenvalue weighted by Crippen LogP contribution is -2.23. The molecular formula is C16H16N2O3. The average molecular weight is 284 g/mol. The number of hydrogen-bond donors (Lipinski definition) is 1. The van der Waals surface area contributed by atoms with E-state index >= 15 is 0 Å². The summed E-state index contributed by atoms with van der Waals surface area (Å²) >= 11 is 0. The highest BCUT2D eigenvalue weighted by molar-refractivity contribution is 5.34. The second kappa shape index (κ2) is 5.63. The number of nitrogens with zero attached hydrogens (tertiary/aromatic N) is 1. The molecule has 2 aromatic rings. The van der Waals surface area contributed by atoms with E-state index in [1.807, 2.05) is 30.3 Å². The lowest BCUT2D eigenvalue weighted by molar-refractivity contribution is -0.384. The predicted molar refractivity (Wildman–Crippen MR) is 78.7 cm³/mol. The van der Waals surface area contributed by atoms with Crippen molar-refractivity contribution in [2.75, 3.05) is 0 Å². The molecular weight excluding hydrogens is 268 g/mol. The monoisotopic (exact) mass is 284 g/mol. The van der Waals surface area contributed by atoms with Crippen LogP contribution < -0.4 is 5.32 Å². The third-order valence-corrected chi connectivity index (χ3v) is 3.69. The normalized spacial score (nSPS) is 24.9. The van der Waals surface area contributed by atoms with E-state index in [0.717, 1.165) is 11.1 Å². The molecule has 0 radical (unpaired) electrons. The Morgan fingerprint density at radius 1 is 1.05 bits per heavy atom. The molecule has 21 heavy (non-hydrogen) atoms. The molecule has 0 aromatic heterocycles. The molecule has 5 heteroatoms. The lowest BCUT2D eigenvalue weighted by atomic mass is 10.0. The molecule has 0 saturated carbocycles. The molecule has 0 spiro atoms. The second-order valence-electron chi connectivity index (χ2n) is 5.15. The predicted octanol–water partition coefficient (Wildman–Crippen LogP) is 3.34. The van der Waals surface area contributed by atoms with Crippen LogP contribution in [-0.2, 0) is 4.74 Å². The summed E-state index contributed by atoms with van der Waals surface area (Å²) in [6.07, 6.45) is -0.266. The van der Waals surface area contributed by atoms with Crippen molar-refractivity contribution in [3.63, 3.8) is 0 Å². The highest BCUT2D eigenvalue weighted by Crippen LogP contribution is 2.35. The molecule has 0 amide bonds. The summed E-state index contributed by atoms with van der Waals surface area (Å²) in [5, 5.41) is 14.1. The Labute approximate surface area is 122 Å². The van der Waals surface area contributed by atoms with Gasteiger partial charge in [-0.1, -0.05) is 30.3 Å². The zero-order chi connectivity index (χ0) is 14.8. The zero-order valence-electron chi connectivity index (χ0n) is 11.6. The molecule has 1 saturated heterocycles. The summed E-state index contributed by atoms with van der Waals surface area (Å²) in [6.45, 7) is 2.07. The van der Waals surface area contributed by atoms with Gasteiger partial charge < -0.3 is 4.74 Å². The fourth-order valence-electron chi connectivity index (χ4n) is 2.59. The Morgan fingerprint density at radius 3 is 2.33 bits per heavy atom. The molecule has 1 fully saturated rings. The van der Waals surface area contributed by atoms with Crippen molar-refractivity contribution in [3.8, 4) is 0 Å². The van der Waals surface area contributed by atoms with E-state index in [-0.39, 0.29) is 24.1 Å². The van der Waals surface area contributed by atoms with Gasteiger partial charge in [-0.3, -0.25) is 15.4 Å². The number of nitro benzene ring substituents is 1. The minimum atomic E-state index is -0.401. The highest BCUT2D eigenvalue weighted by atomic mass is 16.6. The molecule has 108 valence electrons. The van der Waals surface area contributed by atoms with Crippen LogP contribution in [0.3, 0.4) is 0 Å². The van der Waals surface area contributed by atoms with Crippen LogP contribution in [0.15, 0.2) is 54.6 Å². The average Bonchev–Trinajstić information content (AvgIpc) is 2.90. The third-order valence-electron chi connectivity index (χ3n) is 3.69. The summed E-state index contributed by atoms with van der Waals surface area (Å²) in [5.74, 6) is 0. The SMILES string of the molecule is C[C@@H]1N[C@@H](c2ccc([N+](=O)[O-])cc2)O[C@@H]1c1ccccc1. The topological polar surface area (TPSA) is 64.4 Å². The van der Waals surface area contributed by atoms with Crippen molar-refractivity contribution in [3.05, 3.63) is 75.8 Å². The molecule has 0 bridgehead atoms. The van der Waals surface area contributed by atoms with Crippen LogP contribution in [0.25, 0.3) is 0 Å². The van der Waals surface area contributed by atoms with Crippen LogP contribution in [0.5, 0.6) is 0 Å². The maximum absolute atomic E-state index is 10.7. The molecule has 5 nitrogen and oxygen atoms in total. The van der Waals surface area contributed by atoms with Gasteiger partial charge in [0.15, 0.2) is 0 Å². The first-order chi connectivity index (χ1) is 10.1. The van der Waals surface area contributed by atoms with Crippen molar-refractivity contribution in [1.29, 1.82) is 0 Å². The lowest BCUT2D eigenvalue weighted by Gasteiger charge is -2.14. The first kappa shape index (κ1) is 13.7. The smallest absolute Gasteiger partial charge is 0.269 e. The first-order valence-corrected chi connectivity index (χ1v) is 6.86. The van der Waals surface area contributed by atoms with Gasteiger partial charge in [0.1, 0.15) is 12.3 Å². The molecule has 3 atom stereocenters. The van der Waals surface area contributed by atoms with Gasteiger partial charge in [-0.2, -0.15) is 0 Å². The fourth-order valence-corrected chi connectivity index (χ4v) is 2.59. The third kappa shape index (κ3) is 2.79. The Kier molecular flexibility index (Phi) is 3.68. The van der Waals surface area contributed by atoms with Crippen LogP contribution in [0.2, 0.25) is 0 Å². The highest BCUT2D eigenvalue weighted by Gasteiger charge is 2.33. The van der Waals surface area contributed by atoms with E-state index < -0.39 is 4.92 Å². The van der Waals surface area contributed by atoms with Crippen LogP contribution in [0.1, 0.15) is 30.4 Å². The number of ether oxygens (including phenoxy) is 1. The summed E-state index contributed by atoms with van der Waals surface area (Å²) in [6, 6.07) is 16.7. The summed E-state index contributed by atoms with van der Waals surface area (Å²) < 4.78 is 6.07. The standard InChI is InChI=1S/C16H16N2O3/c1-11-15(12-5-3-2-4-6-12)21-16(17-11)13-7-9-14(10-8-13)18(19)20/h2-11,15-17H,1H3/t11-,15-,16+/m0/s1. The van der Waals surface area contributed by atoms with Gasteiger partial charge in [-0.05, 0) is 30.2 Å². The quantitative estimate of drug-likeness (QED) is 0.693. The molecule has 2 aromatic carbocycles. The molecule has 0 aliphatic carbocycles. The molecule has 1 N–H and O–H groups in total. The molecule has 1 aliphatic heterocycles. The Balaban J connectivity index is 1.78. The Bertz CT molecular complexity index is 628. The largest absolute Gasteiger partial charge is 0.350 e. The maximum Gasteiger partial charge on any atom is 0.269 e. The minimum Gasteiger partial charge on any atom is -0.350 e. The van der Waals surface area contributed by atoms with Gasteiger partial charge in [-0.15, -0.1) is 0 Å². The number of nitrogens with one attached hydrogen (secondary N) is 1. The van der Waals surface area contributed by atoms with E-state index in [1.54, 1.807) is 12.1 Å². The summed E-state index contributed by atoms with van der Waals surface area (Å²) in [5.41, 5.74) is 2.11. The molecule has 1 aliphatic rings. The van der Waals surface area contributed by atoms with Crippen molar-refractivity contribution in [2.24, 2.45) is 0 Å². The van der Waals surface area contributed by atoms with Crippen LogP contribution in [-0.4, -0.2) is 11.0 Å². The van der Waals surface area contributed by atoms with E-state index in [1.165, 1.54) is 12.1 Å². The van der Waals surface area contributed by atoms with Gasteiger partial charge >= 0.3 is 0 Å². The zero-order valence-corrected chi connectivity index (χ0v) is 11.6. The number of hydrogen-bond acceptors (Lipinski definition) is 4. The Morgan fingerprint density at radius 2 is 1.71 bits per heavy atom. The number of rotatable bonds is 3. The second-order valence-corrected chi connectivity index (χ2v) is 5.15. The maximum atomic E-state index is 10.7. The van der Waals surface area contributed by atoms with Crippen molar-refractivity contribution in [1.82, 2.24) is 5.32 Å². The number of benzene rings is 2. The fraction of sp³-hybridized carbons (Fsp3) is 0.250. The van der Waals surface area contributed by atoms with Crippen molar-refractivity contribution in [2.45, 2.75) is 25.3 Å². The molecule has 3 rings (SSSR count). The van der Waals surface area contributed by atoms with Crippen LogP contribution in [0, 0.1) is 10.1 Å². The van der Waals surface area contributed by atoms with Gasteiger partial charge in [0.25, 0.3) is 5.69 Å². The molecule has 0 unspecified atom stereocenters. The van der Waals surface area contributed by atoms with Gasteiger partial charge in [0, 0.05) is 18.2 Å². The first-order valence-electron chi connectivity index (χ1n) is 6.86. The Hall–Kier alpha value is -2.24. The number of non-ortho nitro benzene ring substituents is 1. The molecule has 1 heterocycles. The van der Waals surface area contributed by atoms with Crippen LogP contribution in [0.4, 0.5) is 5.69 Å². The van der Waals surface area contributed by atoms with Gasteiger partial charge in [0.05, 0.1) is 4.92 Å². The van der Waals surface area contributed by atoms with E-state index in [4.69, 9.17) is 4.74 Å². The number of nitro groups is 1. The summed E-state index contributed by atoms with van der Waals surface area (Å²) in [4.78, 5) is 10.3. The van der Waals surface area contributed by atoms with E-state index in [9.17, 15) is 10.1 Å². The van der Waals surface area contributed by atoms with Crippen LogP contribution >= 0.6 is 0 Å². The van der Waals surface area contributed by atoms with E-state index in [0.29, 0.717) is 0 Å². The van der Waals surface area contributed by atoms with Crippen molar-refractivity contribution >= 4 is 5.69 Å². The van der Waals surface area contributed by atoms with E-state index in [2.05, 4.69) is 12.2 Å². The van der Waals surface area contributed by atoms with Crippen molar-refractivity contribution < 1.29 is 9.66 Å². The summed E-state index contributed by atoms with van der Waals surface area (Å²) in [7, 11) is 0. The van der Waals surface area contributed by atoms with Gasteiger partial charge in [-0.25, -0.2) is 0 Å².